The highest BCUT2D eigenvalue weighted by molar-refractivity contribution is 6.30. The van der Waals surface area contributed by atoms with Gasteiger partial charge in [0, 0.05) is 39.7 Å². The van der Waals surface area contributed by atoms with E-state index in [1.54, 1.807) is 72.8 Å². The molecule has 0 saturated heterocycles. The van der Waals surface area contributed by atoms with Crippen LogP contribution in [-0.2, 0) is 4.79 Å². The van der Waals surface area contributed by atoms with Crippen LogP contribution in [0, 0.1) is 11.0 Å². The maximum atomic E-state index is 14.5. The molecule has 0 radical (unpaired) electrons. The lowest BCUT2D eigenvalue weighted by Gasteiger charge is -2.20. The molecule has 0 spiro atoms. The average Bonchev–Trinajstić information content (AvgIpc) is 2.85. The summed E-state index contributed by atoms with van der Waals surface area (Å²) in [7, 11) is 0. The molecular weight excluding hydrogens is 471 g/mol. The maximum Gasteiger partial charge on any atom is 0.320 e. The molecule has 0 bridgehead atoms. The molecular formula is C26H20ClFN4O3. The normalized spacial score (nSPS) is 11.4. The Balaban J connectivity index is 1.52. The van der Waals surface area contributed by atoms with Gasteiger partial charge >= 0.3 is 6.03 Å². The number of hydrogen-bond acceptors (Lipinski definition) is 3. The van der Waals surface area contributed by atoms with Crippen molar-refractivity contribution in [1.29, 1.82) is 0 Å². The summed E-state index contributed by atoms with van der Waals surface area (Å²) in [4.78, 5) is 25.7. The van der Waals surface area contributed by atoms with Gasteiger partial charge in [0.15, 0.2) is 6.20 Å². The summed E-state index contributed by atoms with van der Waals surface area (Å²) >= 11 is 5.86. The van der Waals surface area contributed by atoms with Crippen molar-refractivity contribution < 1.29 is 18.7 Å². The van der Waals surface area contributed by atoms with Crippen LogP contribution in [-0.4, -0.2) is 11.9 Å². The Morgan fingerprint density at radius 2 is 1.46 bits per heavy atom. The van der Waals surface area contributed by atoms with Crippen LogP contribution in [0.15, 0.2) is 97.2 Å². The topological polar surface area (TPSA) is 97.2 Å². The van der Waals surface area contributed by atoms with Crippen LogP contribution in [0.25, 0.3) is 11.3 Å². The number of amides is 3. The van der Waals surface area contributed by atoms with Gasteiger partial charge in [-0.15, -0.1) is 0 Å². The molecule has 9 heteroatoms. The van der Waals surface area contributed by atoms with Crippen molar-refractivity contribution in [3.63, 3.8) is 0 Å². The molecule has 1 unspecified atom stereocenters. The number of carbonyl (C=O) groups is 2. The summed E-state index contributed by atoms with van der Waals surface area (Å²) in [5.74, 6) is -1.29. The van der Waals surface area contributed by atoms with E-state index < -0.39 is 23.8 Å². The van der Waals surface area contributed by atoms with Gasteiger partial charge < -0.3 is 21.2 Å². The molecule has 0 aliphatic heterocycles. The van der Waals surface area contributed by atoms with Crippen molar-refractivity contribution in [2.75, 3.05) is 10.6 Å². The number of aromatic nitrogens is 1. The number of anilines is 2. The summed E-state index contributed by atoms with van der Waals surface area (Å²) in [5.41, 5.74) is 1.98. The molecule has 1 atom stereocenters. The number of hydrogen-bond donors (Lipinski definition) is 3. The molecule has 0 saturated carbocycles. The fraction of sp³-hybridized carbons (Fsp3) is 0.0385. The summed E-state index contributed by atoms with van der Waals surface area (Å²) in [6, 6.07) is 21.7. The lowest BCUT2D eigenvalue weighted by molar-refractivity contribution is -0.593. The summed E-state index contributed by atoms with van der Waals surface area (Å²) in [5, 5.41) is 20.3. The first-order valence-corrected chi connectivity index (χ1v) is 11.0. The predicted molar refractivity (Wildman–Crippen MR) is 132 cm³/mol. The molecule has 3 N–H and O–H groups in total. The van der Waals surface area contributed by atoms with Crippen molar-refractivity contribution in [3.05, 3.63) is 119 Å². The van der Waals surface area contributed by atoms with Crippen LogP contribution >= 0.6 is 11.6 Å². The van der Waals surface area contributed by atoms with Gasteiger partial charge in [-0.3, -0.25) is 4.79 Å². The van der Waals surface area contributed by atoms with Crippen LogP contribution in [0.5, 0.6) is 0 Å². The Morgan fingerprint density at radius 1 is 0.829 bits per heavy atom. The van der Waals surface area contributed by atoms with Crippen molar-refractivity contribution in [3.8, 4) is 11.3 Å². The predicted octanol–water partition coefficient (Wildman–Crippen LogP) is 5.28. The lowest BCUT2D eigenvalue weighted by atomic mass is 10.0. The lowest BCUT2D eigenvalue weighted by Crippen LogP contribution is -2.39. The van der Waals surface area contributed by atoms with E-state index in [-0.39, 0.29) is 5.56 Å². The largest absolute Gasteiger partial charge is 0.618 e. The highest BCUT2D eigenvalue weighted by Crippen LogP contribution is 2.22. The smallest absolute Gasteiger partial charge is 0.320 e. The monoisotopic (exact) mass is 490 g/mol. The molecule has 35 heavy (non-hydrogen) atoms. The minimum Gasteiger partial charge on any atom is -0.618 e. The SMILES string of the molecule is O=C(Nc1ccc(Cl)cc1)NC(C(=O)Nc1ccc(-c2cccc[n+]2[O-])cc1)c1ccccc1F. The average molecular weight is 491 g/mol. The second kappa shape index (κ2) is 10.7. The van der Waals surface area contributed by atoms with E-state index in [0.29, 0.717) is 27.7 Å². The standard InChI is InChI=1S/C26H20ClFN4O3/c27-18-10-14-20(15-11-18)30-26(34)31-24(21-5-1-2-6-22(21)28)25(33)29-19-12-8-17(9-13-19)23-7-3-4-16-32(23)35/h1-16,24H,(H,29,33)(H2,30,31,34). The van der Waals surface area contributed by atoms with Crippen molar-refractivity contribution in [2.45, 2.75) is 6.04 Å². The third kappa shape index (κ3) is 5.93. The fourth-order valence-corrected chi connectivity index (χ4v) is 3.54. The first kappa shape index (κ1) is 23.7. The van der Waals surface area contributed by atoms with Crippen LogP contribution in [0.3, 0.4) is 0 Å². The number of nitrogens with one attached hydrogen (secondary N) is 3. The Hall–Kier alpha value is -4.43. The molecule has 1 aromatic heterocycles. The summed E-state index contributed by atoms with van der Waals surface area (Å²) < 4.78 is 15.3. The van der Waals surface area contributed by atoms with E-state index in [4.69, 9.17) is 11.6 Å². The van der Waals surface area contributed by atoms with Gasteiger partial charge in [-0.05, 0) is 60.7 Å². The first-order chi connectivity index (χ1) is 16.9. The van der Waals surface area contributed by atoms with Crippen molar-refractivity contribution in [1.82, 2.24) is 5.32 Å². The number of benzene rings is 3. The minimum atomic E-state index is -1.32. The summed E-state index contributed by atoms with van der Waals surface area (Å²) in [6.07, 6.45) is 1.39. The first-order valence-electron chi connectivity index (χ1n) is 10.6. The van der Waals surface area contributed by atoms with Crippen LogP contribution in [0.2, 0.25) is 5.02 Å². The zero-order chi connectivity index (χ0) is 24.8. The van der Waals surface area contributed by atoms with Gasteiger partial charge in [0.2, 0.25) is 5.69 Å². The van der Waals surface area contributed by atoms with E-state index in [2.05, 4.69) is 16.0 Å². The van der Waals surface area contributed by atoms with Gasteiger partial charge in [-0.25, -0.2) is 9.18 Å². The molecule has 0 aliphatic carbocycles. The molecule has 3 amide bonds. The zero-order valence-corrected chi connectivity index (χ0v) is 19.0. The van der Waals surface area contributed by atoms with E-state index in [1.807, 2.05) is 0 Å². The van der Waals surface area contributed by atoms with Crippen LogP contribution < -0.4 is 20.7 Å². The van der Waals surface area contributed by atoms with Crippen LogP contribution in [0.1, 0.15) is 11.6 Å². The number of halogens is 2. The Bertz CT molecular complexity index is 1350. The molecule has 4 aromatic rings. The van der Waals surface area contributed by atoms with Crippen molar-refractivity contribution in [2.24, 2.45) is 0 Å². The van der Waals surface area contributed by atoms with Crippen LogP contribution in [0.4, 0.5) is 20.6 Å². The molecule has 176 valence electrons. The quantitative estimate of drug-likeness (QED) is 0.253. The molecule has 1 heterocycles. The number of pyridine rings is 1. The molecule has 0 fully saturated rings. The number of rotatable bonds is 6. The highest BCUT2D eigenvalue weighted by atomic mass is 35.5. The van der Waals surface area contributed by atoms with Crippen molar-refractivity contribution >= 4 is 34.9 Å². The van der Waals surface area contributed by atoms with E-state index in [1.165, 1.54) is 24.4 Å². The zero-order valence-electron chi connectivity index (χ0n) is 18.2. The number of nitrogens with zero attached hydrogens (tertiary/aromatic N) is 1. The van der Waals surface area contributed by atoms with E-state index in [0.717, 1.165) is 4.73 Å². The molecule has 4 rings (SSSR count). The third-order valence-electron chi connectivity index (χ3n) is 5.13. The Labute approximate surface area is 205 Å². The minimum absolute atomic E-state index is 0.00422. The van der Waals surface area contributed by atoms with Gasteiger partial charge in [0.1, 0.15) is 11.9 Å². The number of carbonyl (C=O) groups excluding carboxylic acids is 2. The fourth-order valence-electron chi connectivity index (χ4n) is 3.42. The Kier molecular flexibility index (Phi) is 7.23. The second-order valence-corrected chi connectivity index (χ2v) is 7.97. The highest BCUT2D eigenvalue weighted by Gasteiger charge is 2.26. The Morgan fingerprint density at radius 3 is 2.14 bits per heavy atom. The number of urea groups is 1. The van der Waals surface area contributed by atoms with E-state index in [9.17, 15) is 19.2 Å². The molecule has 7 nitrogen and oxygen atoms in total. The maximum absolute atomic E-state index is 14.5. The molecule has 0 aliphatic rings. The third-order valence-corrected chi connectivity index (χ3v) is 5.38. The van der Waals surface area contributed by atoms with Gasteiger partial charge in [0.05, 0.1) is 0 Å². The second-order valence-electron chi connectivity index (χ2n) is 7.54. The van der Waals surface area contributed by atoms with Gasteiger partial charge in [-0.1, -0.05) is 29.8 Å². The van der Waals surface area contributed by atoms with Gasteiger partial charge in [0.25, 0.3) is 5.91 Å². The molecule has 3 aromatic carbocycles. The van der Waals surface area contributed by atoms with Gasteiger partial charge in [-0.2, -0.15) is 4.73 Å². The van der Waals surface area contributed by atoms with E-state index >= 15 is 0 Å². The summed E-state index contributed by atoms with van der Waals surface area (Å²) in [6.45, 7) is 0.